The normalized spacial score (nSPS) is 12.3. The van der Waals surface area contributed by atoms with Crippen LogP contribution in [-0.4, -0.2) is 17.9 Å². The minimum atomic E-state index is -0.403. The second kappa shape index (κ2) is 9.36. The van der Waals surface area contributed by atoms with Crippen LogP contribution in [0.3, 0.4) is 0 Å². The van der Waals surface area contributed by atoms with Crippen LogP contribution < -0.4 is 10.6 Å². The third-order valence-electron chi connectivity index (χ3n) is 4.03. The molecule has 8 heteroatoms. The highest BCUT2D eigenvalue weighted by atomic mass is 127. The molecule has 2 aromatic carbocycles. The number of nitro groups is 1. The smallest absolute Gasteiger partial charge is 0.269 e. The first kappa shape index (κ1) is 20.7. The number of aliphatic imine (C=N–C) groups is 1. The van der Waals surface area contributed by atoms with E-state index in [0.29, 0.717) is 12.5 Å². The maximum absolute atomic E-state index is 10.9. The number of guanidine groups is 1. The molecule has 0 spiro atoms. The van der Waals surface area contributed by atoms with Crippen molar-refractivity contribution in [3.8, 4) is 0 Å². The van der Waals surface area contributed by atoms with Crippen LogP contribution in [0.2, 0.25) is 0 Å². The molecule has 0 saturated carbocycles. The predicted octanol–water partition coefficient (Wildman–Crippen LogP) is 4.39. The maximum atomic E-state index is 10.9. The molecule has 3 aromatic rings. The molecule has 1 heterocycles. The number of nitrogens with one attached hydrogen (secondary N) is 2. The van der Waals surface area contributed by atoms with Crippen LogP contribution in [0.15, 0.2) is 64.0 Å². The van der Waals surface area contributed by atoms with E-state index < -0.39 is 4.92 Å². The number of non-ortho nitro benzene ring substituents is 1. The summed E-state index contributed by atoms with van der Waals surface area (Å²) in [6.07, 6.45) is 0. The molecule has 1 unspecified atom stereocenters. The SMILES string of the molecule is CN=C(NCc1cccc([N+](=O)[O-])c1)NC(C)c1cc2ccccc2o1.I. The van der Waals surface area contributed by atoms with Crippen molar-refractivity contribution in [3.05, 3.63) is 76.0 Å². The molecular weight excluding hydrogens is 459 g/mol. The number of fused-ring (bicyclic) bond motifs is 1. The average Bonchev–Trinajstić information content (AvgIpc) is 3.09. The number of furan rings is 1. The summed E-state index contributed by atoms with van der Waals surface area (Å²) in [6, 6.07) is 16.3. The predicted molar refractivity (Wildman–Crippen MR) is 116 cm³/mol. The van der Waals surface area contributed by atoms with Gasteiger partial charge >= 0.3 is 0 Å². The van der Waals surface area contributed by atoms with Crippen molar-refractivity contribution >= 4 is 46.6 Å². The van der Waals surface area contributed by atoms with Gasteiger partial charge in [0, 0.05) is 31.1 Å². The van der Waals surface area contributed by atoms with E-state index in [2.05, 4.69) is 15.6 Å². The van der Waals surface area contributed by atoms with Crippen LogP contribution in [-0.2, 0) is 6.54 Å². The van der Waals surface area contributed by atoms with E-state index in [9.17, 15) is 10.1 Å². The van der Waals surface area contributed by atoms with Gasteiger partial charge in [-0.3, -0.25) is 15.1 Å². The molecule has 0 fully saturated rings. The van der Waals surface area contributed by atoms with E-state index in [0.717, 1.165) is 22.3 Å². The zero-order chi connectivity index (χ0) is 18.5. The molecule has 0 aliphatic rings. The number of benzene rings is 2. The molecule has 0 bridgehead atoms. The minimum absolute atomic E-state index is 0. The summed E-state index contributed by atoms with van der Waals surface area (Å²) in [7, 11) is 1.67. The lowest BCUT2D eigenvalue weighted by Crippen LogP contribution is -2.38. The zero-order valence-electron chi connectivity index (χ0n) is 15.0. The molecule has 7 nitrogen and oxygen atoms in total. The summed E-state index contributed by atoms with van der Waals surface area (Å²) < 4.78 is 5.86. The summed E-state index contributed by atoms with van der Waals surface area (Å²) in [5, 5.41) is 18.3. The molecular formula is C19H21IN4O3. The third-order valence-corrected chi connectivity index (χ3v) is 4.03. The van der Waals surface area contributed by atoms with Gasteiger partial charge in [-0.25, -0.2) is 0 Å². The summed E-state index contributed by atoms with van der Waals surface area (Å²) in [5.74, 6) is 1.40. The topological polar surface area (TPSA) is 92.7 Å². The van der Waals surface area contributed by atoms with Crippen LogP contribution in [0, 0.1) is 10.1 Å². The van der Waals surface area contributed by atoms with Gasteiger partial charge < -0.3 is 15.1 Å². The first-order valence-electron chi connectivity index (χ1n) is 8.26. The summed E-state index contributed by atoms with van der Waals surface area (Å²) in [6.45, 7) is 2.41. The van der Waals surface area contributed by atoms with Crippen LogP contribution in [0.5, 0.6) is 0 Å². The monoisotopic (exact) mass is 480 g/mol. The molecule has 0 amide bonds. The second-order valence-electron chi connectivity index (χ2n) is 5.91. The average molecular weight is 480 g/mol. The van der Waals surface area contributed by atoms with Gasteiger partial charge in [0.25, 0.3) is 5.69 Å². The Morgan fingerprint density at radius 3 is 2.70 bits per heavy atom. The highest BCUT2D eigenvalue weighted by molar-refractivity contribution is 14.0. The van der Waals surface area contributed by atoms with Gasteiger partial charge in [0.2, 0.25) is 0 Å². The quantitative estimate of drug-likeness (QED) is 0.186. The molecule has 1 aromatic heterocycles. The molecule has 1 atom stereocenters. The van der Waals surface area contributed by atoms with E-state index in [1.807, 2.05) is 43.3 Å². The number of halogens is 1. The summed E-state index contributed by atoms with van der Waals surface area (Å²) in [5.41, 5.74) is 1.72. The Labute approximate surface area is 174 Å². The molecule has 142 valence electrons. The highest BCUT2D eigenvalue weighted by Crippen LogP contribution is 2.23. The van der Waals surface area contributed by atoms with Crippen molar-refractivity contribution in [1.82, 2.24) is 10.6 Å². The van der Waals surface area contributed by atoms with Gasteiger partial charge in [0.05, 0.1) is 11.0 Å². The number of nitro benzene ring substituents is 1. The molecule has 0 saturated heterocycles. The first-order valence-corrected chi connectivity index (χ1v) is 8.26. The lowest BCUT2D eigenvalue weighted by atomic mass is 10.2. The number of hydrogen-bond donors (Lipinski definition) is 2. The van der Waals surface area contributed by atoms with Crippen molar-refractivity contribution in [2.75, 3.05) is 7.05 Å². The first-order chi connectivity index (χ1) is 12.6. The van der Waals surface area contributed by atoms with Crippen molar-refractivity contribution in [1.29, 1.82) is 0 Å². The van der Waals surface area contributed by atoms with Gasteiger partial charge in [-0.2, -0.15) is 0 Å². The summed E-state index contributed by atoms with van der Waals surface area (Å²) >= 11 is 0. The minimum Gasteiger partial charge on any atom is -0.459 e. The molecule has 27 heavy (non-hydrogen) atoms. The van der Waals surface area contributed by atoms with Gasteiger partial charge in [-0.1, -0.05) is 30.3 Å². The Hall–Kier alpha value is -2.62. The zero-order valence-corrected chi connectivity index (χ0v) is 17.3. The molecule has 2 N–H and O–H groups in total. The van der Waals surface area contributed by atoms with Gasteiger partial charge in [-0.15, -0.1) is 24.0 Å². The molecule has 0 radical (unpaired) electrons. The molecule has 3 rings (SSSR count). The van der Waals surface area contributed by atoms with E-state index in [4.69, 9.17) is 4.42 Å². The van der Waals surface area contributed by atoms with Gasteiger partial charge in [-0.05, 0) is 24.6 Å². The Bertz CT molecular complexity index is 922. The fourth-order valence-corrected chi connectivity index (χ4v) is 2.65. The van der Waals surface area contributed by atoms with Crippen LogP contribution in [0.25, 0.3) is 11.0 Å². The van der Waals surface area contributed by atoms with Gasteiger partial charge in [0.15, 0.2) is 5.96 Å². The van der Waals surface area contributed by atoms with Crippen molar-refractivity contribution in [2.24, 2.45) is 4.99 Å². The number of hydrogen-bond acceptors (Lipinski definition) is 4. The fraction of sp³-hybridized carbons (Fsp3) is 0.211. The number of para-hydroxylation sites is 1. The van der Waals surface area contributed by atoms with E-state index in [1.54, 1.807) is 19.2 Å². The lowest BCUT2D eigenvalue weighted by molar-refractivity contribution is -0.384. The van der Waals surface area contributed by atoms with Gasteiger partial charge in [0.1, 0.15) is 11.3 Å². The Morgan fingerprint density at radius 2 is 2.00 bits per heavy atom. The van der Waals surface area contributed by atoms with E-state index in [1.165, 1.54) is 6.07 Å². The second-order valence-corrected chi connectivity index (χ2v) is 5.91. The van der Waals surface area contributed by atoms with E-state index >= 15 is 0 Å². The Kier molecular flexibility index (Phi) is 7.17. The maximum Gasteiger partial charge on any atom is 0.269 e. The van der Waals surface area contributed by atoms with Crippen LogP contribution in [0.4, 0.5) is 5.69 Å². The van der Waals surface area contributed by atoms with E-state index in [-0.39, 0.29) is 35.7 Å². The Morgan fingerprint density at radius 1 is 1.22 bits per heavy atom. The van der Waals surface area contributed by atoms with Crippen LogP contribution >= 0.6 is 24.0 Å². The van der Waals surface area contributed by atoms with Crippen molar-refractivity contribution in [2.45, 2.75) is 19.5 Å². The molecule has 0 aliphatic carbocycles. The van der Waals surface area contributed by atoms with Crippen molar-refractivity contribution < 1.29 is 9.34 Å². The summed E-state index contributed by atoms with van der Waals surface area (Å²) in [4.78, 5) is 14.7. The number of nitrogens with zero attached hydrogens (tertiary/aromatic N) is 2. The lowest BCUT2D eigenvalue weighted by Gasteiger charge is -2.16. The molecule has 0 aliphatic heterocycles. The third kappa shape index (κ3) is 5.19. The largest absolute Gasteiger partial charge is 0.459 e. The fourth-order valence-electron chi connectivity index (χ4n) is 2.65. The van der Waals surface area contributed by atoms with Crippen molar-refractivity contribution in [3.63, 3.8) is 0 Å². The standard InChI is InChI=1S/C19H20N4O3.HI/c1-13(18-11-15-7-3-4-9-17(15)26-18)22-19(20-2)21-12-14-6-5-8-16(10-14)23(24)25;/h3-11,13H,12H2,1-2H3,(H2,20,21,22);1H. The number of rotatable bonds is 5. The highest BCUT2D eigenvalue weighted by Gasteiger charge is 2.13. The Balaban J connectivity index is 0.00000261. The van der Waals surface area contributed by atoms with Crippen LogP contribution in [0.1, 0.15) is 24.3 Å².